The molecule has 2 aromatic rings. The molecule has 0 saturated carbocycles. The molecular weight excluding hydrogens is 354 g/mol. The molecule has 2 amide bonds. The number of amides is 2. The quantitative estimate of drug-likeness (QED) is 0.764. The summed E-state index contributed by atoms with van der Waals surface area (Å²) >= 11 is 0. The first-order valence-electron chi connectivity index (χ1n) is 9.64. The van der Waals surface area contributed by atoms with E-state index in [1.165, 1.54) is 4.90 Å². The third-order valence-corrected chi connectivity index (χ3v) is 5.60. The maximum Gasteiger partial charge on any atom is 0.251 e. The molecule has 0 unspecified atom stereocenters. The lowest BCUT2D eigenvalue weighted by molar-refractivity contribution is -0.123. The van der Waals surface area contributed by atoms with Crippen molar-refractivity contribution in [2.45, 2.75) is 19.4 Å². The zero-order valence-corrected chi connectivity index (χ0v) is 16.3. The minimum absolute atomic E-state index is 0.111. The Kier molecular flexibility index (Phi) is 5.05. The molecule has 0 spiro atoms. The largest absolute Gasteiger partial charge is 0.495 e. The summed E-state index contributed by atoms with van der Waals surface area (Å²) < 4.78 is 5.47. The molecule has 2 aromatic carbocycles. The number of piperazine rings is 1. The Balaban J connectivity index is 1.44. The smallest absolute Gasteiger partial charge is 0.251 e. The monoisotopic (exact) mass is 379 g/mol. The van der Waals surface area contributed by atoms with E-state index in [-0.39, 0.29) is 24.3 Å². The minimum Gasteiger partial charge on any atom is -0.495 e. The van der Waals surface area contributed by atoms with Crippen molar-refractivity contribution in [2.75, 3.05) is 43.1 Å². The molecule has 2 aliphatic heterocycles. The summed E-state index contributed by atoms with van der Waals surface area (Å²) in [4.78, 5) is 31.3. The number of benzene rings is 2. The number of aryl methyl sites for hydroxylation is 1. The number of ether oxygens (including phenoxy) is 1. The van der Waals surface area contributed by atoms with Gasteiger partial charge >= 0.3 is 0 Å². The van der Waals surface area contributed by atoms with E-state index < -0.39 is 0 Å². The van der Waals surface area contributed by atoms with Gasteiger partial charge in [0, 0.05) is 26.2 Å². The average Bonchev–Trinajstić information content (AvgIpc) is 3.03. The molecule has 0 aromatic heterocycles. The molecule has 28 heavy (non-hydrogen) atoms. The molecule has 0 N–H and O–H groups in total. The summed E-state index contributed by atoms with van der Waals surface area (Å²) in [6.45, 7) is 5.06. The second kappa shape index (κ2) is 7.64. The highest BCUT2D eigenvalue weighted by Gasteiger charge is 2.43. The van der Waals surface area contributed by atoms with Crippen molar-refractivity contribution in [1.29, 1.82) is 0 Å². The Hall–Kier alpha value is -2.86. The Morgan fingerprint density at radius 3 is 2.29 bits per heavy atom. The maximum atomic E-state index is 13.0. The molecular formula is C22H25N3O3. The Labute approximate surface area is 165 Å². The summed E-state index contributed by atoms with van der Waals surface area (Å²) in [5, 5.41) is 0. The molecule has 1 atom stereocenters. The lowest BCUT2D eigenvalue weighted by Crippen LogP contribution is -2.52. The van der Waals surface area contributed by atoms with E-state index in [0.29, 0.717) is 5.69 Å². The van der Waals surface area contributed by atoms with Crippen LogP contribution in [0.25, 0.3) is 0 Å². The first-order valence-corrected chi connectivity index (χ1v) is 9.64. The minimum atomic E-state index is -0.367. The summed E-state index contributed by atoms with van der Waals surface area (Å²) in [5.74, 6) is 0.624. The van der Waals surface area contributed by atoms with Crippen molar-refractivity contribution >= 4 is 23.2 Å². The Bertz CT molecular complexity index is 873. The highest BCUT2D eigenvalue weighted by Crippen LogP contribution is 2.30. The zero-order chi connectivity index (χ0) is 19.7. The van der Waals surface area contributed by atoms with Crippen LogP contribution in [0.2, 0.25) is 0 Å². The van der Waals surface area contributed by atoms with Gasteiger partial charge in [0.25, 0.3) is 5.91 Å². The van der Waals surface area contributed by atoms with Crippen molar-refractivity contribution in [1.82, 2.24) is 4.90 Å². The van der Waals surface area contributed by atoms with Crippen molar-refractivity contribution in [3.63, 3.8) is 0 Å². The number of carbonyl (C=O) groups excluding carboxylic acids is 2. The Morgan fingerprint density at radius 2 is 1.61 bits per heavy atom. The van der Waals surface area contributed by atoms with Crippen LogP contribution in [0.1, 0.15) is 12.0 Å². The molecule has 146 valence electrons. The number of anilines is 2. The molecule has 6 nitrogen and oxygen atoms in total. The number of nitrogens with zero attached hydrogens (tertiary/aromatic N) is 3. The Morgan fingerprint density at radius 1 is 0.929 bits per heavy atom. The number of methoxy groups -OCH3 is 1. The van der Waals surface area contributed by atoms with Gasteiger partial charge in [-0.2, -0.15) is 0 Å². The number of hydrogen-bond donors (Lipinski definition) is 0. The third kappa shape index (κ3) is 3.36. The van der Waals surface area contributed by atoms with Crippen LogP contribution in [0, 0.1) is 6.92 Å². The van der Waals surface area contributed by atoms with Crippen LogP contribution < -0.4 is 14.5 Å². The average molecular weight is 379 g/mol. The SMILES string of the molecule is COc1ccccc1N1CCN([C@H]2CC(=O)N(c3ccc(C)cc3)C2=O)CC1. The van der Waals surface area contributed by atoms with Crippen LogP contribution in [0.3, 0.4) is 0 Å². The van der Waals surface area contributed by atoms with Gasteiger partial charge in [-0.25, -0.2) is 4.90 Å². The van der Waals surface area contributed by atoms with Gasteiger partial charge in [-0.05, 0) is 31.2 Å². The van der Waals surface area contributed by atoms with Crippen LogP contribution in [0.5, 0.6) is 5.75 Å². The maximum absolute atomic E-state index is 13.0. The van der Waals surface area contributed by atoms with Gasteiger partial charge in [-0.3, -0.25) is 14.5 Å². The molecule has 6 heteroatoms. The van der Waals surface area contributed by atoms with Gasteiger partial charge < -0.3 is 9.64 Å². The molecule has 0 radical (unpaired) electrons. The lowest BCUT2D eigenvalue weighted by atomic mass is 10.1. The van der Waals surface area contributed by atoms with E-state index in [4.69, 9.17) is 4.74 Å². The number of rotatable bonds is 4. The molecule has 2 saturated heterocycles. The number of para-hydroxylation sites is 2. The van der Waals surface area contributed by atoms with Crippen LogP contribution in [0.4, 0.5) is 11.4 Å². The van der Waals surface area contributed by atoms with E-state index in [1.54, 1.807) is 7.11 Å². The van der Waals surface area contributed by atoms with Crippen molar-refractivity contribution in [3.05, 3.63) is 54.1 Å². The lowest BCUT2D eigenvalue weighted by Gasteiger charge is -2.38. The molecule has 0 bridgehead atoms. The van der Waals surface area contributed by atoms with E-state index >= 15 is 0 Å². The van der Waals surface area contributed by atoms with Crippen molar-refractivity contribution < 1.29 is 14.3 Å². The second-order valence-electron chi connectivity index (χ2n) is 7.32. The van der Waals surface area contributed by atoms with Crippen LogP contribution in [-0.2, 0) is 9.59 Å². The first-order chi connectivity index (χ1) is 13.6. The van der Waals surface area contributed by atoms with Gasteiger partial charge in [0.1, 0.15) is 5.75 Å². The molecule has 4 rings (SSSR count). The van der Waals surface area contributed by atoms with Crippen molar-refractivity contribution in [2.24, 2.45) is 0 Å². The third-order valence-electron chi connectivity index (χ3n) is 5.60. The first kappa shape index (κ1) is 18.5. The predicted molar refractivity (Wildman–Crippen MR) is 109 cm³/mol. The fourth-order valence-electron chi connectivity index (χ4n) is 4.03. The van der Waals surface area contributed by atoms with Gasteiger partial charge in [0.15, 0.2) is 0 Å². The number of carbonyl (C=O) groups is 2. The summed E-state index contributed by atoms with van der Waals surface area (Å²) in [5.41, 5.74) is 2.84. The normalized spacial score (nSPS) is 20.7. The summed E-state index contributed by atoms with van der Waals surface area (Å²) in [7, 11) is 1.68. The zero-order valence-electron chi connectivity index (χ0n) is 16.3. The highest BCUT2D eigenvalue weighted by molar-refractivity contribution is 6.22. The van der Waals surface area contributed by atoms with E-state index in [0.717, 1.165) is 43.2 Å². The van der Waals surface area contributed by atoms with Gasteiger partial charge in [0.05, 0.1) is 30.9 Å². The molecule has 2 fully saturated rings. The van der Waals surface area contributed by atoms with Gasteiger partial charge in [-0.1, -0.05) is 29.8 Å². The topological polar surface area (TPSA) is 53.1 Å². The molecule has 2 heterocycles. The summed E-state index contributed by atoms with van der Waals surface area (Å²) in [6, 6.07) is 15.1. The van der Waals surface area contributed by atoms with E-state index in [9.17, 15) is 9.59 Å². The van der Waals surface area contributed by atoms with Crippen LogP contribution in [0.15, 0.2) is 48.5 Å². The van der Waals surface area contributed by atoms with Crippen LogP contribution >= 0.6 is 0 Å². The van der Waals surface area contributed by atoms with Gasteiger partial charge in [0.2, 0.25) is 5.91 Å². The number of hydrogen-bond acceptors (Lipinski definition) is 5. The van der Waals surface area contributed by atoms with Crippen molar-refractivity contribution in [3.8, 4) is 5.75 Å². The predicted octanol–water partition coefficient (Wildman–Crippen LogP) is 2.46. The van der Waals surface area contributed by atoms with Gasteiger partial charge in [-0.15, -0.1) is 0 Å². The highest BCUT2D eigenvalue weighted by atomic mass is 16.5. The molecule has 2 aliphatic rings. The van der Waals surface area contributed by atoms with E-state index in [1.807, 2.05) is 49.4 Å². The fourth-order valence-corrected chi connectivity index (χ4v) is 4.03. The standard InChI is InChI=1S/C22H25N3O3/c1-16-7-9-17(10-8-16)25-21(26)15-19(22(25)27)24-13-11-23(12-14-24)18-5-3-4-6-20(18)28-2/h3-10,19H,11-15H2,1-2H3/t19-/m0/s1. The summed E-state index contributed by atoms with van der Waals surface area (Å²) in [6.07, 6.45) is 0.251. The van der Waals surface area contributed by atoms with Crippen LogP contribution in [-0.4, -0.2) is 56.0 Å². The molecule has 0 aliphatic carbocycles. The number of imide groups is 1. The van der Waals surface area contributed by atoms with E-state index in [2.05, 4.69) is 15.9 Å². The fraction of sp³-hybridized carbons (Fsp3) is 0.364. The second-order valence-corrected chi connectivity index (χ2v) is 7.32.